The Bertz CT molecular complexity index is 1580. The fourth-order valence-electron chi connectivity index (χ4n) is 5.67. The largest absolute Gasteiger partial charge is 0.368 e. The van der Waals surface area contributed by atoms with Crippen LogP contribution in [0.3, 0.4) is 0 Å². The van der Waals surface area contributed by atoms with E-state index in [2.05, 4.69) is 55.0 Å². The van der Waals surface area contributed by atoms with Crippen LogP contribution in [0.2, 0.25) is 0 Å². The molecule has 6 heterocycles. The van der Waals surface area contributed by atoms with Gasteiger partial charge in [-0.3, -0.25) is 9.69 Å². The molecule has 7 rings (SSSR count). The predicted octanol–water partition coefficient (Wildman–Crippen LogP) is 3.74. The predicted molar refractivity (Wildman–Crippen MR) is 134 cm³/mol. The molecule has 170 valence electrons. The van der Waals surface area contributed by atoms with Gasteiger partial charge >= 0.3 is 0 Å². The molecule has 0 aliphatic carbocycles. The summed E-state index contributed by atoms with van der Waals surface area (Å²) in [5.74, 6) is 0.577. The summed E-state index contributed by atoms with van der Waals surface area (Å²) >= 11 is 0. The van der Waals surface area contributed by atoms with Crippen molar-refractivity contribution in [3.63, 3.8) is 0 Å². The molecule has 4 aromatic heterocycles. The van der Waals surface area contributed by atoms with E-state index < -0.39 is 0 Å². The van der Waals surface area contributed by atoms with Crippen LogP contribution in [-0.4, -0.2) is 62.0 Å². The summed E-state index contributed by atoms with van der Waals surface area (Å²) in [7, 11) is 2.25. The molecule has 2 bridgehead atoms. The summed E-state index contributed by atoms with van der Waals surface area (Å²) in [4.78, 5) is 36.4. The van der Waals surface area contributed by atoms with E-state index in [1.807, 2.05) is 24.4 Å². The summed E-state index contributed by atoms with van der Waals surface area (Å²) in [5.41, 5.74) is 6.09. The van der Waals surface area contributed by atoms with Crippen molar-refractivity contribution in [2.45, 2.75) is 24.9 Å². The number of nitrogens with one attached hydrogen (secondary N) is 3. The van der Waals surface area contributed by atoms with Gasteiger partial charge in [0, 0.05) is 54.8 Å². The number of likely N-dealkylation sites (N-methyl/N-ethyl adjacent to an activating group) is 1. The smallest absolute Gasteiger partial charge is 0.259 e. The normalized spacial score (nSPS) is 20.6. The Balaban J connectivity index is 1.27. The minimum atomic E-state index is -0.168. The highest BCUT2D eigenvalue weighted by molar-refractivity contribution is 5.93. The third kappa shape index (κ3) is 2.99. The lowest BCUT2D eigenvalue weighted by Crippen LogP contribution is -2.52. The second kappa shape index (κ2) is 7.30. The number of hydrogen-bond acceptors (Lipinski definition) is 5. The zero-order valence-electron chi connectivity index (χ0n) is 18.9. The first-order chi connectivity index (χ1) is 16.6. The number of benzene rings is 1. The zero-order chi connectivity index (χ0) is 22.8. The molecule has 0 spiro atoms. The van der Waals surface area contributed by atoms with E-state index in [-0.39, 0.29) is 5.56 Å². The number of pyridine rings is 2. The van der Waals surface area contributed by atoms with Crippen molar-refractivity contribution in [3.8, 4) is 22.5 Å². The fraction of sp³-hybridized carbons (Fsp3) is 0.269. The monoisotopic (exact) mass is 451 g/mol. The van der Waals surface area contributed by atoms with Crippen molar-refractivity contribution < 1.29 is 0 Å². The second-order valence-corrected chi connectivity index (χ2v) is 9.47. The molecule has 2 unspecified atom stereocenters. The van der Waals surface area contributed by atoms with Gasteiger partial charge in [-0.15, -0.1) is 0 Å². The van der Waals surface area contributed by atoms with Crippen LogP contribution < -0.4 is 10.5 Å². The van der Waals surface area contributed by atoms with Crippen LogP contribution in [0.15, 0.2) is 59.8 Å². The van der Waals surface area contributed by atoms with Gasteiger partial charge in [0.25, 0.3) is 5.56 Å². The van der Waals surface area contributed by atoms with E-state index in [4.69, 9.17) is 4.98 Å². The Morgan fingerprint density at radius 1 is 1.00 bits per heavy atom. The van der Waals surface area contributed by atoms with Crippen LogP contribution in [0.25, 0.3) is 44.6 Å². The highest BCUT2D eigenvalue weighted by Crippen LogP contribution is 2.33. The zero-order valence-corrected chi connectivity index (χ0v) is 18.9. The van der Waals surface area contributed by atoms with Gasteiger partial charge in [-0.1, -0.05) is 0 Å². The summed E-state index contributed by atoms with van der Waals surface area (Å²) in [6.45, 7) is 2.11. The number of nitrogens with zero attached hydrogens (tertiary/aromatic N) is 4. The minimum absolute atomic E-state index is 0.168. The molecule has 34 heavy (non-hydrogen) atoms. The molecule has 2 aliphatic rings. The van der Waals surface area contributed by atoms with Crippen molar-refractivity contribution in [1.82, 2.24) is 29.8 Å². The van der Waals surface area contributed by atoms with Crippen molar-refractivity contribution in [2.24, 2.45) is 0 Å². The quantitative estimate of drug-likeness (QED) is 0.388. The molecular weight excluding hydrogens is 426 g/mol. The standard InChI is InChI=1S/C26H25N7O/c1-32-17-2-3-18(32)14-33(13-17)16-4-5-22-23(11-16)31-25(30-22)21-10-15(12-29-26(21)34)19-6-8-27-24-20(19)7-9-28-24/h4-12,17-18H,2-3,13-14H2,1H3,(H,27,28)(H,29,34)(H,30,31). The van der Waals surface area contributed by atoms with E-state index in [0.29, 0.717) is 23.5 Å². The lowest BCUT2D eigenvalue weighted by Gasteiger charge is -2.40. The average molecular weight is 452 g/mol. The molecule has 3 N–H and O–H groups in total. The molecular formula is C26H25N7O. The second-order valence-electron chi connectivity index (χ2n) is 9.47. The molecule has 8 nitrogen and oxygen atoms in total. The molecule has 8 heteroatoms. The Kier molecular flexibility index (Phi) is 4.20. The van der Waals surface area contributed by atoms with Crippen molar-refractivity contribution >= 4 is 27.8 Å². The van der Waals surface area contributed by atoms with Gasteiger partial charge in [-0.05, 0) is 67.4 Å². The summed E-state index contributed by atoms with van der Waals surface area (Å²) in [6.07, 6.45) is 7.94. The molecule has 0 amide bonds. The first-order valence-electron chi connectivity index (χ1n) is 11.8. The number of anilines is 1. The first kappa shape index (κ1) is 19.5. The maximum Gasteiger partial charge on any atom is 0.259 e. The SMILES string of the molecule is CN1C2CCC1CN(c1ccc3[nH]c(-c4cc(-c5ccnc6[nH]ccc56)c[nH]c4=O)nc3c1)C2. The van der Waals surface area contributed by atoms with Gasteiger partial charge in [0.05, 0.1) is 16.6 Å². The van der Waals surface area contributed by atoms with Crippen LogP contribution >= 0.6 is 0 Å². The topological polar surface area (TPSA) is 96.7 Å². The van der Waals surface area contributed by atoms with E-state index in [9.17, 15) is 4.79 Å². The maximum absolute atomic E-state index is 12.8. The third-order valence-corrected chi connectivity index (χ3v) is 7.61. The fourth-order valence-corrected chi connectivity index (χ4v) is 5.67. The van der Waals surface area contributed by atoms with E-state index in [1.165, 1.54) is 18.5 Å². The number of H-pyrrole nitrogens is 3. The molecule has 2 atom stereocenters. The number of aromatic nitrogens is 5. The summed E-state index contributed by atoms with van der Waals surface area (Å²) in [5, 5.41) is 1.01. The van der Waals surface area contributed by atoms with Gasteiger partial charge in [0.15, 0.2) is 0 Å². The number of rotatable bonds is 3. The molecule has 1 aromatic carbocycles. The lowest BCUT2D eigenvalue weighted by atomic mass is 10.0. The summed E-state index contributed by atoms with van der Waals surface area (Å²) in [6, 6.07) is 13.5. The van der Waals surface area contributed by atoms with E-state index in [0.717, 1.165) is 46.3 Å². The highest BCUT2D eigenvalue weighted by Gasteiger charge is 2.37. The number of hydrogen-bond donors (Lipinski definition) is 3. The Hall–Kier alpha value is -3.91. The number of aromatic amines is 3. The number of fused-ring (bicyclic) bond motifs is 4. The van der Waals surface area contributed by atoms with E-state index >= 15 is 0 Å². The van der Waals surface area contributed by atoms with Gasteiger partial charge in [0.2, 0.25) is 0 Å². The van der Waals surface area contributed by atoms with Crippen LogP contribution in [0.5, 0.6) is 0 Å². The molecule has 0 saturated carbocycles. The minimum Gasteiger partial charge on any atom is -0.368 e. The highest BCUT2D eigenvalue weighted by atomic mass is 16.1. The average Bonchev–Trinajstić information content (AvgIpc) is 3.54. The molecule has 2 saturated heterocycles. The van der Waals surface area contributed by atoms with Crippen LogP contribution in [-0.2, 0) is 0 Å². The molecule has 2 fully saturated rings. The van der Waals surface area contributed by atoms with Crippen LogP contribution in [0.1, 0.15) is 12.8 Å². The molecule has 5 aromatic rings. The van der Waals surface area contributed by atoms with Gasteiger partial charge in [0.1, 0.15) is 11.5 Å². The first-order valence-corrected chi connectivity index (χ1v) is 11.8. The Labute approximate surface area is 195 Å². The summed E-state index contributed by atoms with van der Waals surface area (Å²) < 4.78 is 0. The Morgan fingerprint density at radius 3 is 2.71 bits per heavy atom. The van der Waals surface area contributed by atoms with Crippen LogP contribution in [0, 0.1) is 0 Å². The van der Waals surface area contributed by atoms with Crippen molar-refractivity contribution in [1.29, 1.82) is 0 Å². The third-order valence-electron chi connectivity index (χ3n) is 7.61. The van der Waals surface area contributed by atoms with Gasteiger partial charge in [-0.25, -0.2) is 9.97 Å². The van der Waals surface area contributed by atoms with Crippen molar-refractivity contribution in [2.75, 3.05) is 25.0 Å². The van der Waals surface area contributed by atoms with E-state index in [1.54, 1.807) is 12.4 Å². The van der Waals surface area contributed by atoms with Gasteiger partial charge in [-0.2, -0.15) is 0 Å². The Morgan fingerprint density at radius 2 is 1.85 bits per heavy atom. The lowest BCUT2D eigenvalue weighted by molar-refractivity contribution is 0.212. The van der Waals surface area contributed by atoms with Crippen LogP contribution in [0.4, 0.5) is 5.69 Å². The van der Waals surface area contributed by atoms with Gasteiger partial charge < -0.3 is 19.9 Å². The maximum atomic E-state index is 12.8. The molecule has 2 aliphatic heterocycles. The number of imidazole rings is 1. The van der Waals surface area contributed by atoms with Crippen molar-refractivity contribution in [3.05, 3.63) is 65.3 Å². The number of piperazine rings is 1. The molecule has 0 radical (unpaired) electrons.